The highest BCUT2D eigenvalue weighted by Gasteiger charge is 2.23. The maximum absolute atomic E-state index is 13.3. The van der Waals surface area contributed by atoms with Gasteiger partial charge in [0.05, 0.1) is 0 Å². The Bertz CT molecular complexity index is 476. The number of piperidine rings is 1. The van der Waals surface area contributed by atoms with Crippen molar-refractivity contribution in [1.29, 1.82) is 5.41 Å². The van der Waals surface area contributed by atoms with Gasteiger partial charge in [0.25, 0.3) is 0 Å². The van der Waals surface area contributed by atoms with Gasteiger partial charge in [0.2, 0.25) is 0 Å². The number of hydrogen-bond donors (Lipinski definition) is 3. The van der Waals surface area contributed by atoms with Crippen LogP contribution in [-0.2, 0) is 6.54 Å². The van der Waals surface area contributed by atoms with Crippen LogP contribution in [0.25, 0.3) is 0 Å². The smallest absolute Gasteiger partial charge is 0.123 e. The number of nitrogens with two attached hydrogens (primary N) is 1. The molecule has 1 saturated heterocycles. The lowest BCUT2D eigenvalue weighted by Gasteiger charge is -2.36. The molecule has 1 fully saturated rings. The zero-order chi connectivity index (χ0) is 14.5. The summed E-state index contributed by atoms with van der Waals surface area (Å²) in [6, 6.07) is 4.80. The lowest BCUT2D eigenvalue weighted by molar-refractivity contribution is 0.112. The number of aliphatic hydroxyl groups is 1. The molecule has 1 atom stereocenters. The van der Waals surface area contributed by atoms with Crippen molar-refractivity contribution in [2.75, 3.05) is 13.2 Å². The molecule has 0 amide bonds. The molecule has 0 bridgehead atoms. The number of halogens is 1. The van der Waals surface area contributed by atoms with Crippen LogP contribution in [0, 0.1) is 11.2 Å². The zero-order valence-electron chi connectivity index (χ0n) is 11.6. The van der Waals surface area contributed by atoms with E-state index in [0.717, 1.165) is 31.4 Å². The fourth-order valence-electron chi connectivity index (χ4n) is 2.90. The summed E-state index contributed by atoms with van der Waals surface area (Å²) < 4.78 is 13.3. The van der Waals surface area contributed by atoms with E-state index < -0.39 is 0 Å². The number of aliphatic hydroxyl groups excluding tert-OH is 1. The Balaban J connectivity index is 2.17. The third-order valence-corrected chi connectivity index (χ3v) is 3.95. The lowest BCUT2D eigenvalue weighted by atomic mass is 9.97. The second-order valence-electron chi connectivity index (χ2n) is 5.35. The van der Waals surface area contributed by atoms with Gasteiger partial charge in [-0.1, -0.05) is 12.5 Å². The summed E-state index contributed by atoms with van der Waals surface area (Å²) in [5, 5.41) is 16.7. The van der Waals surface area contributed by atoms with E-state index in [1.54, 1.807) is 6.07 Å². The Morgan fingerprint density at radius 1 is 1.45 bits per heavy atom. The molecule has 1 heterocycles. The second-order valence-corrected chi connectivity index (χ2v) is 5.35. The number of hydrogen-bond acceptors (Lipinski definition) is 3. The SMILES string of the molecule is N=C(N)c1cc(F)ccc1CN1CCCCC1CCO. The average molecular weight is 279 g/mol. The van der Waals surface area contributed by atoms with Crippen molar-refractivity contribution in [1.82, 2.24) is 4.90 Å². The van der Waals surface area contributed by atoms with E-state index in [4.69, 9.17) is 16.2 Å². The Hall–Kier alpha value is -1.46. The summed E-state index contributed by atoms with van der Waals surface area (Å²) in [5.74, 6) is -0.472. The number of likely N-dealkylation sites (tertiary alicyclic amines) is 1. The van der Waals surface area contributed by atoms with Crippen molar-refractivity contribution in [3.05, 3.63) is 35.1 Å². The molecule has 1 aliphatic heterocycles. The number of nitrogen functional groups attached to an aromatic ring is 1. The molecule has 1 unspecified atom stereocenters. The summed E-state index contributed by atoms with van der Waals surface area (Å²) >= 11 is 0. The molecular weight excluding hydrogens is 257 g/mol. The van der Waals surface area contributed by atoms with Crippen molar-refractivity contribution in [3.63, 3.8) is 0 Å². The summed E-state index contributed by atoms with van der Waals surface area (Å²) in [7, 11) is 0. The number of rotatable bonds is 5. The number of benzene rings is 1. The molecule has 110 valence electrons. The monoisotopic (exact) mass is 279 g/mol. The van der Waals surface area contributed by atoms with Crippen LogP contribution in [0.2, 0.25) is 0 Å². The van der Waals surface area contributed by atoms with Gasteiger partial charge in [-0.25, -0.2) is 4.39 Å². The molecule has 4 N–H and O–H groups in total. The second kappa shape index (κ2) is 6.81. The molecule has 1 aromatic rings. The number of nitrogens with zero attached hydrogens (tertiary/aromatic N) is 1. The molecule has 0 aliphatic carbocycles. The van der Waals surface area contributed by atoms with Crippen LogP contribution < -0.4 is 5.73 Å². The van der Waals surface area contributed by atoms with Crippen molar-refractivity contribution < 1.29 is 9.50 Å². The van der Waals surface area contributed by atoms with E-state index in [1.165, 1.54) is 18.6 Å². The van der Waals surface area contributed by atoms with Crippen LogP contribution >= 0.6 is 0 Å². The molecule has 4 nitrogen and oxygen atoms in total. The minimum atomic E-state index is -0.371. The Kier molecular flexibility index (Phi) is 5.09. The molecule has 1 aliphatic rings. The fourth-order valence-corrected chi connectivity index (χ4v) is 2.90. The number of amidine groups is 1. The van der Waals surface area contributed by atoms with E-state index in [9.17, 15) is 4.39 Å². The highest BCUT2D eigenvalue weighted by Crippen LogP contribution is 2.23. The maximum atomic E-state index is 13.3. The third kappa shape index (κ3) is 3.55. The van der Waals surface area contributed by atoms with Gasteiger partial charge in [0.15, 0.2) is 0 Å². The first-order valence-electron chi connectivity index (χ1n) is 7.09. The van der Waals surface area contributed by atoms with Gasteiger partial charge in [0, 0.05) is 24.8 Å². The van der Waals surface area contributed by atoms with Crippen molar-refractivity contribution in [2.24, 2.45) is 5.73 Å². The predicted molar refractivity (Wildman–Crippen MR) is 77.2 cm³/mol. The van der Waals surface area contributed by atoms with Crippen LogP contribution in [0.4, 0.5) is 4.39 Å². The zero-order valence-corrected chi connectivity index (χ0v) is 11.6. The Morgan fingerprint density at radius 3 is 2.95 bits per heavy atom. The molecule has 20 heavy (non-hydrogen) atoms. The molecule has 5 heteroatoms. The van der Waals surface area contributed by atoms with Crippen LogP contribution in [0.5, 0.6) is 0 Å². The standard InChI is InChI=1S/C15H22FN3O/c16-12-5-4-11(14(9-12)15(17)18)10-19-7-2-1-3-13(19)6-8-20/h4-5,9,13,20H,1-3,6-8,10H2,(H3,17,18). The largest absolute Gasteiger partial charge is 0.396 e. The summed E-state index contributed by atoms with van der Waals surface area (Å²) in [6.45, 7) is 1.81. The Labute approximate surface area is 118 Å². The predicted octanol–water partition coefficient (Wildman–Crippen LogP) is 1.85. The van der Waals surface area contributed by atoms with Gasteiger partial charge in [-0.05, 0) is 43.5 Å². The summed E-state index contributed by atoms with van der Waals surface area (Å²) in [6.07, 6.45) is 4.16. The lowest BCUT2D eigenvalue weighted by Crippen LogP contribution is -2.39. The van der Waals surface area contributed by atoms with Gasteiger partial charge >= 0.3 is 0 Å². The number of nitrogens with one attached hydrogen (secondary N) is 1. The quantitative estimate of drug-likeness (QED) is 0.569. The van der Waals surface area contributed by atoms with Gasteiger partial charge in [0.1, 0.15) is 11.7 Å². The minimum absolute atomic E-state index is 0.102. The van der Waals surface area contributed by atoms with Crippen LogP contribution in [0.3, 0.4) is 0 Å². The van der Waals surface area contributed by atoms with Crippen molar-refractivity contribution in [2.45, 2.75) is 38.3 Å². The summed E-state index contributed by atoms with van der Waals surface area (Å²) in [4.78, 5) is 2.30. The maximum Gasteiger partial charge on any atom is 0.123 e. The first-order valence-corrected chi connectivity index (χ1v) is 7.09. The first-order chi connectivity index (χ1) is 9.61. The van der Waals surface area contributed by atoms with Gasteiger partial charge < -0.3 is 10.8 Å². The van der Waals surface area contributed by atoms with E-state index in [1.807, 2.05) is 0 Å². The highest BCUT2D eigenvalue weighted by molar-refractivity contribution is 5.96. The first kappa shape index (κ1) is 14.9. The van der Waals surface area contributed by atoms with Crippen molar-refractivity contribution in [3.8, 4) is 0 Å². The molecule has 0 radical (unpaired) electrons. The van der Waals surface area contributed by atoms with Crippen molar-refractivity contribution >= 4 is 5.84 Å². The van der Waals surface area contributed by atoms with Crippen LogP contribution in [0.15, 0.2) is 18.2 Å². The van der Waals surface area contributed by atoms with Gasteiger partial charge in [-0.2, -0.15) is 0 Å². The normalized spacial score (nSPS) is 20.0. The fraction of sp³-hybridized carbons (Fsp3) is 0.533. The summed E-state index contributed by atoms with van der Waals surface area (Å²) in [5.41, 5.74) is 6.89. The van der Waals surface area contributed by atoms with Crippen LogP contribution in [-0.4, -0.2) is 35.0 Å². The molecule has 0 aromatic heterocycles. The minimum Gasteiger partial charge on any atom is -0.396 e. The van der Waals surface area contributed by atoms with E-state index in [-0.39, 0.29) is 18.3 Å². The molecular formula is C15H22FN3O. The van der Waals surface area contributed by atoms with Gasteiger partial charge in [-0.15, -0.1) is 0 Å². The third-order valence-electron chi connectivity index (χ3n) is 3.95. The molecule has 1 aromatic carbocycles. The average Bonchev–Trinajstić information content (AvgIpc) is 2.43. The highest BCUT2D eigenvalue weighted by atomic mass is 19.1. The van der Waals surface area contributed by atoms with E-state index >= 15 is 0 Å². The topological polar surface area (TPSA) is 73.3 Å². The molecule has 2 rings (SSSR count). The van der Waals surface area contributed by atoms with E-state index in [0.29, 0.717) is 18.2 Å². The van der Waals surface area contributed by atoms with Gasteiger partial charge in [-0.3, -0.25) is 10.3 Å². The van der Waals surface area contributed by atoms with Crippen LogP contribution in [0.1, 0.15) is 36.8 Å². The van der Waals surface area contributed by atoms with E-state index in [2.05, 4.69) is 4.90 Å². The molecule has 0 spiro atoms. The Morgan fingerprint density at radius 2 is 2.25 bits per heavy atom. The molecule has 0 saturated carbocycles.